The zero-order chi connectivity index (χ0) is 18.2. The van der Waals surface area contributed by atoms with Gasteiger partial charge in [-0.25, -0.2) is 0 Å². The maximum Gasteiger partial charge on any atom is 0.233 e. The summed E-state index contributed by atoms with van der Waals surface area (Å²) in [7, 11) is 0. The average molecular weight is 346 g/mol. The van der Waals surface area contributed by atoms with Gasteiger partial charge in [0.2, 0.25) is 11.8 Å². The first-order valence-electron chi connectivity index (χ1n) is 8.17. The van der Waals surface area contributed by atoms with Crippen LogP contribution in [0.15, 0.2) is 84.9 Å². The molecule has 3 aromatic carbocycles. The molecule has 0 spiro atoms. The minimum Gasteiger partial charge on any atom is -0.457 e. The first-order chi connectivity index (χ1) is 12.7. The molecule has 0 saturated heterocycles. The lowest BCUT2D eigenvalue weighted by Crippen LogP contribution is -2.21. The lowest BCUT2D eigenvalue weighted by molar-refractivity contribution is -0.123. The number of anilines is 2. The molecule has 0 radical (unpaired) electrons. The monoisotopic (exact) mass is 346 g/mol. The summed E-state index contributed by atoms with van der Waals surface area (Å²) in [5.74, 6) is 0.658. The van der Waals surface area contributed by atoms with Crippen molar-refractivity contribution in [1.82, 2.24) is 0 Å². The van der Waals surface area contributed by atoms with Crippen molar-refractivity contribution < 1.29 is 14.3 Å². The number of carbonyl (C=O) groups is 2. The smallest absolute Gasteiger partial charge is 0.233 e. The number of carbonyl (C=O) groups excluding carboxylic acids is 2. The quantitative estimate of drug-likeness (QED) is 0.648. The Balaban J connectivity index is 1.50. The number of benzene rings is 3. The van der Waals surface area contributed by atoms with E-state index in [9.17, 15) is 9.59 Å². The Morgan fingerprint density at radius 2 is 1.08 bits per heavy atom. The number of hydrogen-bond donors (Lipinski definition) is 2. The van der Waals surface area contributed by atoms with E-state index in [1.807, 2.05) is 48.5 Å². The summed E-state index contributed by atoms with van der Waals surface area (Å²) in [6.07, 6.45) is -0.253. The summed E-state index contributed by atoms with van der Waals surface area (Å²) >= 11 is 0. The molecule has 0 saturated carbocycles. The van der Waals surface area contributed by atoms with Crippen molar-refractivity contribution in [2.75, 3.05) is 10.6 Å². The Morgan fingerprint density at radius 3 is 1.65 bits per heavy atom. The van der Waals surface area contributed by atoms with Crippen molar-refractivity contribution in [3.8, 4) is 11.5 Å². The van der Waals surface area contributed by atoms with Crippen molar-refractivity contribution in [2.24, 2.45) is 0 Å². The van der Waals surface area contributed by atoms with Crippen LogP contribution >= 0.6 is 0 Å². The molecular formula is C21H18N2O3. The predicted molar refractivity (Wildman–Crippen MR) is 101 cm³/mol. The summed E-state index contributed by atoms with van der Waals surface area (Å²) in [6.45, 7) is 0. The van der Waals surface area contributed by atoms with Gasteiger partial charge in [-0.05, 0) is 48.5 Å². The van der Waals surface area contributed by atoms with Gasteiger partial charge in [-0.15, -0.1) is 0 Å². The zero-order valence-electron chi connectivity index (χ0n) is 14.0. The maximum absolute atomic E-state index is 12.0. The highest BCUT2D eigenvalue weighted by Gasteiger charge is 2.10. The van der Waals surface area contributed by atoms with Crippen molar-refractivity contribution in [3.63, 3.8) is 0 Å². The molecule has 0 atom stereocenters. The van der Waals surface area contributed by atoms with Gasteiger partial charge < -0.3 is 15.4 Å². The number of ether oxygens (including phenoxy) is 1. The van der Waals surface area contributed by atoms with Gasteiger partial charge in [-0.3, -0.25) is 9.59 Å². The number of amides is 2. The molecule has 0 bridgehead atoms. The van der Waals surface area contributed by atoms with Crippen molar-refractivity contribution in [3.05, 3.63) is 84.9 Å². The van der Waals surface area contributed by atoms with Crippen LogP contribution < -0.4 is 15.4 Å². The molecule has 3 aromatic rings. The van der Waals surface area contributed by atoms with Crippen LogP contribution in [-0.4, -0.2) is 11.8 Å². The largest absolute Gasteiger partial charge is 0.457 e. The maximum atomic E-state index is 12.0. The standard InChI is InChI=1S/C21H18N2O3/c24-20(22-16-7-3-1-4-8-16)15-21(25)23-17-11-13-19(14-12-17)26-18-9-5-2-6-10-18/h1-14H,15H2,(H,22,24)(H,23,25). The Labute approximate surface area is 151 Å². The van der Waals surface area contributed by atoms with Gasteiger partial charge in [0.15, 0.2) is 0 Å². The molecule has 5 nitrogen and oxygen atoms in total. The van der Waals surface area contributed by atoms with Crippen LogP contribution in [-0.2, 0) is 9.59 Å². The fourth-order valence-electron chi connectivity index (χ4n) is 2.31. The SMILES string of the molecule is O=C(CC(=O)Nc1ccc(Oc2ccccc2)cc1)Nc1ccccc1. The Kier molecular flexibility index (Phi) is 5.62. The summed E-state index contributed by atoms with van der Waals surface area (Å²) < 4.78 is 5.69. The van der Waals surface area contributed by atoms with E-state index in [-0.39, 0.29) is 18.2 Å². The molecule has 0 aliphatic heterocycles. The van der Waals surface area contributed by atoms with E-state index in [2.05, 4.69) is 10.6 Å². The van der Waals surface area contributed by atoms with Crippen molar-refractivity contribution in [2.45, 2.75) is 6.42 Å². The number of nitrogens with one attached hydrogen (secondary N) is 2. The summed E-state index contributed by atoms with van der Waals surface area (Å²) in [6, 6.07) is 25.4. The Hall–Kier alpha value is -3.60. The lowest BCUT2D eigenvalue weighted by atomic mass is 10.2. The minimum atomic E-state index is -0.379. The lowest BCUT2D eigenvalue weighted by Gasteiger charge is -2.08. The van der Waals surface area contributed by atoms with Crippen LogP contribution in [0.25, 0.3) is 0 Å². The molecule has 0 heterocycles. The molecule has 5 heteroatoms. The third-order valence-electron chi connectivity index (χ3n) is 3.50. The number of rotatable bonds is 6. The third-order valence-corrected chi connectivity index (χ3v) is 3.50. The molecule has 0 aromatic heterocycles. The van der Waals surface area contributed by atoms with Gasteiger partial charge >= 0.3 is 0 Å². The molecule has 0 aliphatic carbocycles. The van der Waals surface area contributed by atoms with Crippen LogP contribution in [0.4, 0.5) is 11.4 Å². The molecule has 26 heavy (non-hydrogen) atoms. The van der Waals surface area contributed by atoms with E-state index >= 15 is 0 Å². The number of para-hydroxylation sites is 2. The Bertz CT molecular complexity index is 863. The van der Waals surface area contributed by atoms with Crippen LogP contribution in [0.1, 0.15) is 6.42 Å². The van der Waals surface area contributed by atoms with E-state index in [1.54, 1.807) is 36.4 Å². The van der Waals surface area contributed by atoms with Gasteiger partial charge in [-0.2, -0.15) is 0 Å². The fraction of sp³-hybridized carbons (Fsp3) is 0.0476. The molecular weight excluding hydrogens is 328 g/mol. The van der Waals surface area contributed by atoms with E-state index in [1.165, 1.54) is 0 Å². The summed E-state index contributed by atoms with van der Waals surface area (Å²) in [5.41, 5.74) is 1.26. The van der Waals surface area contributed by atoms with Crippen LogP contribution in [0, 0.1) is 0 Å². The average Bonchev–Trinajstić information content (AvgIpc) is 2.65. The molecule has 3 rings (SSSR count). The van der Waals surface area contributed by atoms with Crippen LogP contribution in [0.2, 0.25) is 0 Å². The van der Waals surface area contributed by atoms with Crippen LogP contribution in [0.5, 0.6) is 11.5 Å². The molecule has 2 amide bonds. The highest BCUT2D eigenvalue weighted by Crippen LogP contribution is 2.22. The summed E-state index contributed by atoms with van der Waals surface area (Å²) in [5, 5.41) is 5.37. The first-order valence-corrected chi connectivity index (χ1v) is 8.17. The van der Waals surface area contributed by atoms with Gasteiger partial charge in [0.05, 0.1) is 0 Å². The van der Waals surface area contributed by atoms with Gasteiger partial charge in [0.25, 0.3) is 0 Å². The predicted octanol–water partition coefficient (Wildman–Crippen LogP) is 4.45. The number of hydrogen-bond acceptors (Lipinski definition) is 3. The fourth-order valence-corrected chi connectivity index (χ4v) is 2.31. The van der Waals surface area contributed by atoms with Crippen LogP contribution in [0.3, 0.4) is 0 Å². The third kappa shape index (κ3) is 5.21. The minimum absolute atomic E-state index is 0.253. The van der Waals surface area contributed by atoms with E-state index in [0.717, 1.165) is 5.75 Å². The molecule has 2 N–H and O–H groups in total. The van der Waals surface area contributed by atoms with E-state index in [4.69, 9.17) is 4.74 Å². The van der Waals surface area contributed by atoms with Crippen molar-refractivity contribution >= 4 is 23.2 Å². The second kappa shape index (κ2) is 8.48. The molecule has 0 aliphatic rings. The molecule has 130 valence electrons. The second-order valence-corrected chi connectivity index (χ2v) is 5.58. The Morgan fingerprint density at radius 1 is 0.615 bits per heavy atom. The van der Waals surface area contributed by atoms with Gasteiger partial charge in [-0.1, -0.05) is 36.4 Å². The highest BCUT2D eigenvalue weighted by molar-refractivity contribution is 6.08. The van der Waals surface area contributed by atoms with Gasteiger partial charge in [0, 0.05) is 11.4 Å². The molecule has 0 fully saturated rings. The van der Waals surface area contributed by atoms with E-state index in [0.29, 0.717) is 17.1 Å². The topological polar surface area (TPSA) is 67.4 Å². The van der Waals surface area contributed by atoms with Gasteiger partial charge in [0.1, 0.15) is 17.9 Å². The normalized spacial score (nSPS) is 10.0. The zero-order valence-corrected chi connectivity index (χ0v) is 14.0. The van der Waals surface area contributed by atoms with E-state index < -0.39 is 0 Å². The van der Waals surface area contributed by atoms with Crippen molar-refractivity contribution in [1.29, 1.82) is 0 Å². The summed E-state index contributed by atoms with van der Waals surface area (Å²) in [4.78, 5) is 23.9. The first kappa shape index (κ1) is 17.2. The second-order valence-electron chi connectivity index (χ2n) is 5.58. The molecule has 0 unspecified atom stereocenters. The highest BCUT2D eigenvalue weighted by atomic mass is 16.5.